The van der Waals surface area contributed by atoms with E-state index in [1.807, 2.05) is 31.5 Å². The van der Waals surface area contributed by atoms with Crippen molar-refractivity contribution >= 4 is 0 Å². The Morgan fingerprint density at radius 2 is 2.11 bits per heavy atom. The van der Waals surface area contributed by atoms with Crippen LogP contribution in [0.3, 0.4) is 0 Å². The van der Waals surface area contributed by atoms with Gasteiger partial charge in [0.25, 0.3) is 0 Å². The van der Waals surface area contributed by atoms with Crippen LogP contribution in [0.2, 0.25) is 0 Å². The Morgan fingerprint density at radius 3 is 2.84 bits per heavy atom. The molecule has 0 amide bonds. The average molecular weight is 255 g/mol. The van der Waals surface area contributed by atoms with Crippen LogP contribution in [0.15, 0.2) is 30.6 Å². The van der Waals surface area contributed by atoms with Gasteiger partial charge in [0.1, 0.15) is 11.6 Å². The largest absolute Gasteiger partial charge is 0.493 e. The topological polar surface area (TPSA) is 61.0 Å². The molecule has 3 rings (SSSR count). The average Bonchev–Trinajstić information content (AvgIpc) is 2.47. The SMILES string of the molecule is Cc1ncc(-c2cccc3c2OCC[C@H]3CN)cn1. The van der Waals surface area contributed by atoms with Crippen LogP contribution < -0.4 is 10.5 Å². The van der Waals surface area contributed by atoms with Crippen LogP contribution in [-0.2, 0) is 0 Å². The molecule has 1 aromatic carbocycles. The molecule has 1 aliphatic heterocycles. The highest BCUT2D eigenvalue weighted by Gasteiger charge is 2.23. The second-order valence-electron chi connectivity index (χ2n) is 4.81. The van der Waals surface area contributed by atoms with Crippen molar-refractivity contribution in [1.29, 1.82) is 0 Å². The Balaban J connectivity index is 2.10. The monoisotopic (exact) mass is 255 g/mol. The van der Waals surface area contributed by atoms with Gasteiger partial charge in [0.2, 0.25) is 0 Å². The standard InChI is InChI=1S/C15H17N3O/c1-10-17-8-12(9-18-10)14-4-2-3-13-11(7-16)5-6-19-15(13)14/h2-4,8-9,11H,5-7,16H2,1H3/t11-/m0/s1. The predicted octanol–water partition coefficient (Wildman–Crippen LogP) is 2.28. The molecule has 4 nitrogen and oxygen atoms in total. The first kappa shape index (κ1) is 12.1. The summed E-state index contributed by atoms with van der Waals surface area (Å²) in [4.78, 5) is 8.50. The third-order valence-electron chi connectivity index (χ3n) is 3.57. The summed E-state index contributed by atoms with van der Waals surface area (Å²) in [5.74, 6) is 2.10. The molecule has 0 radical (unpaired) electrons. The van der Waals surface area contributed by atoms with Gasteiger partial charge in [-0.05, 0) is 25.5 Å². The van der Waals surface area contributed by atoms with E-state index in [4.69, 9.17) is 10.5 Å². The van der Waals surface area contributed by atoms with Gasteiger partial charge in [-0.25, -0.2) is 9.97 Å². The number of nitrogens with zero attached hydrogens (tertiary/aromatic N) is 2. The first-order chi connectivity index (χ1) is 9.29. The minimum atomic E-state index is 0.384. The molecule has 2 heterocycles. The molecular formula is C15H17N3O. The normalized spacial score (nSPS) is 17.7. The number of nitrogens with two attached hydrogens (primary N) is 1. The highest BCUT2D eigenvalue weighted by Crippen LogP contribution is 2.40. The lowest BCUT2D eigenvalue weighted by Gasteiger charge is -2.26. The Labute approximate surface area is 112 Å². The second kappa shape index (κ2) is 4.97. The van der Waals surface area contributed by atoms with Gasteiger partial charge >= 0.3 is 0 Å². The van der Waals surface area contributed by atoms with Crippen LogP contribution in [0.25, 0.3) is 11.1 Å². The van der Waals surface area contributed by atoms with Gasteiger partial charge in [-0.15, -0.1) is 0 Å². The summed E-state index contributed by atoms with van der Waals surface area (Å²) in [7, 11) is 0. The maximum absolute atomic E-state index is 5.86. The number of rotatable bonds is 2. The molecule has 0 saturated carbocycles. The Hall–Kier alpha value is -1.94. The quantitative estimate of drug-likeness (QED) is 0.894. The highest BCUT2D eigenvalue weighted by molar-refractivity contribution is 5.71. The van der Waals surface area contributed by atoms with Crippen LogP contribution in [-0.4, -0.2) is 23.1 Å². The summed E-state index contributed by atoms with van der Waals surface area (Å²) in [6.07, 6.45) is 4.66. The Bertz CT molecular complexity index is 580. The van der Waals surface area contributed by atoms with Crippen molar-refractivity contribution in [2.75, 3.05) is 13.2 Å². The summed E-state index contributed by atoms with van der Waals surface area (Å²) in [5.41, 5.74) is 9.08. The number of benzene rings is 1. The summed E-state index contributed by atoms with van der Waals surface area (Å²) < 4.78 is 5.86. The smallest absolute Gasteiger partial charge is 0.130 e. The zero-order valence-corrected chi connectivity index (χ0v) is 11.0. The Morgan fingerprint density at radius 1 is 1.32 bits per heavy atom. The van der Waals surface area contributed by atoms with Crippen molar-refractivity contribution in [2.45, 2.75) is 19.3 Å². The molecule has 19 heavy (non-hydrogen) atoms. The number of aromatic nitrogens is 2. The third-order valence-corrected chi connectivity index (χ3v) is 3.57. The molecule has 2 aromatic rings. The maximum atomic E-state index is 5.86. The number of hydrogen-bond donors (Lipinski definition) is 1. The minimum Gasteiger partial charge on any atom is -0.493 e. The van der Waals surface area contributed by atoms with Crippen LogP contribution in [0, 0.1) is 6.92 Å². The van der Waals surface area contributed by atoms with Crippen LogP contribution in [0.5, 0.6) is 5.75 Å². The Kier molecular flexibility index (Phi) is 3.17. The lowest BCUT2D eigenvalue weighted by atomic mass is 9.90. The van der Waals surface area contributed by atoms with Crippen molar-refractivity contribution in [2.24, 2.45) is 5.73 Å². The molecule has 0 spiro atoms. The lowest BCUT2D eigenvalue weighted by Crippen LogP contribution is -2.21. The molecule has 4 heteroatoms. The number of hydrogen-bond acceptors (Lipinski definition) is 4. The zero-order valence-electron chi connectivity index (χ0n) is 11.0. The zero-order chi connectivity index (χ0) is 13.2. The maximum Gasteiger partial charge on any atom is 0.130 e. The van der Waals surface area contributed by atoms with E-state index in [0.29, 0.717) is 12.5 Å². The van der Waals surface area contributed by atoms with E-state index in [1.165, 1.54) is 5.56 Å². The fraction of sp³-hybridized carbons (Fsp3) is 0.333. The van der Waals surface area contributed by atoms with E-state index in [-0.39, 0.29) is 0 Å². The van der Waals surface area contributed by atoms with E-state index < -0.39 is 0 Å². The van der Waals surface area contributed by atoms with Gasteiger partial charge in [-0.2, -0.15) is 0 Å². The molecular weight excluding hydrogens is 238 g/mol. The van der Waals surface area contributed by atoms with Crippen molar-refractivity contribution in [3.05, 3.63) is 42.0 Å². The first-order valence-corrected chi connectivity index (χ1v) is 6.54. The fourth-order valence-electron chi connectivity index (χ4n) is 2.50. The summed E-state index contributed by atoms with van der Waals surface area (Å²) >= 11 is 0. The summed E-state index contributed by atoms with van der Waals surface area (Å²) in [5, 5.41) is 0. The second-order valence-corrected chi connectivity index (χ2v) is 4.81. The van der Waals surface area contributed by atoms with E-state index in [2.05, 4.69) is 16.0 Å². The van der Waals surface area contributed by atoms with Crippen LogP contribution >= 0.6 is 0 Å². The predicted molar refractivity (Wildman–Crippen MR) is 74.1 cm³/mol. The minimum absolute atomic E-state index is 0.384. The van der Waals surface area contributed by atoms with Gasteiger partial charge in [0, 0.05) is 29.4 Å². The third kappa shape index (κ3) is 2.19. The van der Waals surface area contributed by atoms with Crippen molar-refractivity contribution < 1.29 is 4.74 Å². The summed E-state index contributed by atoms with van der Waals surface area (Å²) in [6.45, 7) is 3.26. The molecule has 0 unspecified atom stereocenters. The molecule has 1 atom stereocenters. The van der Waals surface area contributed by atoms with Gasteiger partial charge in [-0.1, -0.05) is 18.2 Å². The van der Waals surface area contributed by atoms with Crippen molar-refractivity contribution in [3.8, 4) is 16.9 Å². The molecule has 1 aliphatic rings. The van der Waals surface area contributed by atoms with E-state index in [9.17, 15) is 0 Å². The van der Waals surface area contributed by atoms with Gasteiger partial charge in [-0.3, -0.25) is 0 Å². The molecule has 1 aromatic heterocycles. The summed E-state index contributed by atoms with van der Waals surface area (Å²) in [6, 6.07) is 6.20. The fourth-order valence-corrected chi connectivity index (χ4v) is 2.50. The molecule has 0 saturated heterocycles. The molecule has 2 N–H and O–H groups in total. The van der Waals surface area contributed by atoms with Gasteiger partial charge < -0.3 is 10.5 Å². The number of para-hydroxylation sites is 1. The van der Waals surface area contributed by atoms with Crippen LogP contribution in [0.1, 0.15) is 23.7 Å². The molecule has 0 bridgehead atoms. The van der Waals surface area contributed by atoms with E-state index in [1.54, 1.807) is 0 Å². The molecule has 98 valence electrons. The first-order valence-electron chi connectivity index (χ1n) is 6.54. The van der Waals surface area contributed by atoms with Gasteiger partial charge in [0.05, 0.1) is 6.61 Å². The molecule has 0 aliphatic carbocycles. The lowest BCUT2D eigenvalue weighted by molar-refractivity contribution is 0.270. The molecule has 0 fully saturated rings. The number of aryl methyl sites for hydroxylation is 1. The van der Waals surface area contributed by atoms with Crippen LogP contribution in [0.4, 0.5) is 0 Å². The van der Waals surface area contributed by atoms with Gasteiger partial charge in [0.15, 0.2) is 0 Å². The van der Waals surface area contributed by atoms with E-state index >= 15 is 0 Å². The van der Waals surface area contributed by atoms with E-state index in [0.717, 1.165) is 35.7 Å². The van der Waals surface area contributed by atoms with Crippen molar-refractivity contribution in [3.63, 3.8) is 0 Å². The highest BCUT2D eigenvalue weighted by atomic mass is 16.5. The number of ether oxygens (including phenoxy) is 1. The number of fused-ring (bicyclic) bond motifs is 1. The van der Waals surface area contributed by atoms with Crippen molar-refractivity contribution in [1.82, 2.24) is 9.97 Å².